The van der Waals surface area contributed by atoms with Gasteiger partial charge in [-0.25, -0.2) is 4.98 Å². The zero-order valence-electron chi connectivity index (χ0n) is 12.2. The molecule has 1 rings (SSSR count). The second-order valence-electron chi connectivity index (χ2n) is 4.96. The van der Waals surface area contributed by atoms with E-state index in [9.17, 15) is 0 Å². The van der Waals surface area contributed by atoms with Gasteiger partial charge < -0.3 is 10.2 Å². The molecular weight excluding hydrogens is 222 g/mol. The summed E-state index contributed by atoms with van der Waals surface area (Å²) < 4.78 is 0. The Hall–Kier alpha value is -1.09. The molecule has 0 amide bonds. The van der Waals surface area contributed by atoms with E-state index in [1.165, 1.54) is 12.8 Å². The molecule has 0 saturated carbocycles. The van der Waals surface area contributed by atoms with Crippen molar-refractivity contribution in [3.8, 4) is 0 Å². The van der Waals surface area contributed by atoms with Crippen LogP contribution in [0.2, 0.25) is 0 Å². The third-order valence-electron chi connectivity index (χ3n) is 2.97. The number of nitrogens with zero attached hydrogens (tertiary/aromatic N) is 2. The quantitative estimate of drug-likeness (QED) is 0.767. The van der Waals surface area contributed by atoms with Crippen molar-refractivity contribution >= 4 is 5.82 Å². The lowest BCUT2D eigenvalue weighted by molar-refractivity contribution is 0.581. The molecule has 18 heavy (non-hydrogen) atoms. The van der Waals surface area contributed by atoms with Gasteiger partial charge in [-0.1, -0.05) is 33.3 Å². The molecule has 0 unspecified atom stereocenters. The van der Waals surface area contributed by atoms with Gasteiger partial charge in [-0.05, 0) is 25.5 Å². The van der Waals surface area contributed by atoms with E-state index in [-0.39, 0.29) is 0 Å². The Morgan fingerprint density at radius 2 is 2.06 bits per heavy atom. The monoisotopic (exact) mass is 249 g/mol. The predicted molar refractivity (Wildman–Crippen MR) is 79.0 cm³/mol. The van der Waals surface area contributed by atoms with Crippen molar-refractivity contribution in [3.05, 3.63) is 23.9 Å². The Morgan fingerprint density at radius 3 is 2.67 bits per heavy atom. The van der Waals surface area contributed by atoms with E-state index in [0.717, 1.165) is 31.1 Å². The summed E-state index contributed by atoms with van der Waals surface area (Å²) in [6.45, 7) is 11.7. The van der Waals surface area contributed by atoms with Crippen LogP contribution in [0, 0.1) is 0 Å². The number of nitrogens with one attached hydrogen (secondary N) is 1. The summed E-state index contributed by atoms with van der Waals surface area (Å²) in [5.41, 5.74) is 1.12. The van der Waals surface area contributed by atoms with E-state index in [4.69, 9.17) is 4.98 Å². The molecule has 1 aromatic rings. The van der Waals surface area contributed by atoms with Gasteiger partial charge in [0.15, 0.2) is 0 Å². The molecule has 1 heterocycles. The van der Waals surface area contributed by atoms with Crippen LogP contribution in [0.25, 0.3) is 0 Å². The molecule has 0 fully saturated rings. The Bertz CT molecular complexity index is 336. The molecule has 0 radical (unpaired) electrons. The molecule has 0 bridgehead atoms. The summed E-state index contributed by atoms with van der Waals surface area (Å²) in [6.07, 6.45) is 2.45. The lowest BCUT2D eigenvalue weighted by Gasteiger charge is -2.22. The summed E-state index contributed by atoms with van der Waals surface area (Å²) in [5.74, 6) is 1.11. The van der Waals surface area contributed by atoms with Crippen LogP contribution in [-0.2, 0) is 6.54 Å². The number of anilines is 1. The Morgan fingerprint density at radius 1 is 1.28 bits per heavy atom. The van der Waals surface area contributed by atoms with Crippen molar-refractivity contribution in [2.45, 2.75) is 53.1 Å². The average molecular weight is 249 g/mol. The summed E-state index contributed by atoms with van der Waals surface area (Å²) in [4.78, 5) is 7.08. The van der Waals surface area contributed by atoms with Gasteiger partial charge in [0.05, 0.1) is 5.69 Å². The summed E-state index contributed by atoms with van der Waals surface area (Å²) >= 11 is 0. The Labute approximate surface area is 112 Å². The van der Waals surface area contributed by atoms with E-state index >= 15 is 0 Å². The summed E-state index contributed by atoms with van der Waals surface area (Å²) in [7, 11) is 0. The van der Waals surface area contributed by atoms with Crippen LogP contribution in [0.4, 0.5) is 5.82 Å². The zero-order chi connectivity index (χ0) is 13.4. The van der Waals surface area contributed by atoms with Gasteiger partial charge in [0, 0.05) is 25.7 Å². The van der Waals surface area contributed by atoms with E-state index in [0.29, 0.717) is 6.04 Å². The fourth-order valence-corrected chi connectivity index (χ4v) is 1.83. The van der Waals surface area contributed by atoms with Crippen molar-refractivity contribution in [1.82, 2.24) is 10.3 Å². The predicted octanol–water partition coefficient (Wildman–Crippen LogP) is 3.21. The number of pyridine rings is 1. The highest BCUT2D eigenvalue weighted by atomic mass is 15.2. The van der Waals surface area contributed by atoms with E-state index in [2.05, 4.69) is 56.1 Å². The van der Waals surface area contributed by atoms with Crippen LogP contribution in [0.1, 0.15) is 46.2 Å². The van der Waals surface area contributed by atoms with E-state index < -0.39 is 0 Å². The first-order chi connectivity index (χ1) is 8.67. The molecule has 3 nitrogen and oxygen atoms in total. The van der Waals surface area contributed by atoms with Crippen LogP contribution in [0.15, 0.2) is 18.2 Å². The highest BCUT2D eigenvalue weighted by molar-refractivity contribution is 5.39. The lowest BCUT2D eigenvalue weighted by atomic mass is 10.3. The van der Waals surface area contributed by atoms with E-state index in [1.54, 1.807) is 0 Å². The summed E-state index contributed by atoms with van der Waals surface area (Å²) in [5, 5.41) is 3.41. The third-order valence-corrected chi connectivity index (χ3v) is 2.97. The van der Waals surface area contributed by atoms with Crippen LogP contribution in [0.3, 0.4) is 0 Å². The van der Waals surface area contributed by atoms with Crippen molar-refractivity contribution in [3.63, 3.8) is 0 Å². The van der Waals surface area contributed by atoms with Crippen LogP contribution < -0.4 is 10.2 Å². The largest absolute Gasteiger partial charge is 0.357 e. The van der Waals surface area contributed by atoms with Crippen molar-refractivity contribution in [2.75, 3.05) is 18.0 Å². The third kappa shape index (κ3) is 5.05. The van der Waals surface area contributed by atoms with Crippen molar-refractivity contribution in [1.29, 1.82) is 0 Å². The molecule has 0 aliphatic heterocycles. The van der Waals surface area contributed by atoms with Gasteiger partial charge in [-0.3, -0.25) is 0 Å². The molecule has 0 aliphatic rings. The SMILES string of the molecule is CCCCN(CC)c1cccc(CNC(C)C)n1. The van der Waals surface area contributed by atoms with Crippen molar-refractivity contribution < 1.29 is 0 Å². The van der Waals surface area contributed by atoms with Gasteiger partial charge in [-0.2, -0.15) is 0 Å². The first-order valence-electron chi connectivity index (χ1n) is 7.11. The molecule has 0 saturated heterocycles. The first-order valence-corrected chi connectivity index (χ1v) is 7.11. The average Bonchev–Trinajstić information content (AvgIpc) is 2.38. The summed E-state index contributed by atoms with van der Waals surface area (Å²) in [6, 6.07) is 6.80. The molecule has 0 aliphatic carbocycles. The Balaban J connectivity index is 2.66. The van der Waals surface area contributed by atoms with Gasteiger partial charge in [0.1, 0.15) is 5.82 Å². The zero-order valence-corrected chi connectivity index (χ0v) is 12.2. The smallest absolute Gasteiger partial charge is 0.128 e. The van der Waals surface area contributed by atoms with Gasteiger partial charge >= 0.3 is 0 Å². The fourth-order valence-electron chi connectivity index (χ4n) is 1.83. The van der Waals surface area contributed by atoms with Crippen LogP contribution in [-0.4, -0.2) is 24.1 Å². The normalized spacial score (nSPS) is 10.9. The first kappa shape index (κ1) is 15.0. The van der Waals surface area contributed by atoms with Gasteiger partial charge in [0.2, 0.25) is 0 Å². The highest BCUT2D eigenvalue weighted by Crippen LogP contribution is 2.12. The fraction of sp³-hybridized carbons (Fsp3) is 0.667. The number of rotatable bonds is 8. The highest BCUT2D eigenvalue weighted by Gasteiger charge is 2.06. The minimum atomic E-state index is 0.498. The number of aromatic nitrogens is 1. The maximum absolute atomic E-state index is 4.73. The minimum absolute atomic E-state index is 0.498. The molecule has 1 aromatic heterocycles. The topological polar surface area (TPSA) is 28.2 Å². The van der Waals surface area contributed by atoms with Gasteiger partial charge in [-0.15, -0.1) is 0 Å². The Kier molecular flexibility index (Phi) is 6.73. The molecule has 1 N–H and O–H groups in total. The number of hydrogen-bond donors (Lipinski definition) is 1. The molecule has 102 valence electrons. The van der Waals surface area contributed by atoms with Crippen molar-refractivity contribution in [2.24, 2.45) is 0 Å². The second-order valence-corrected chi connectivity index (χ2v) is 4.96. The second kappa shape index (κ2) is 8.09. The van der Waals surface area contributed by atoms with Crippen LogP contribution >= 0.6 is 0 Å². The van der Waals surface area contributed by atoms with E-state index in [1.807, 2.05) is 0 Å². The molecule has 3 heteroatoms. The maximum Gasteiger partial charge on any atom is 0.128 e. The lowest BCUT2D eigenvalue weighted by Crippen LogP contribution is -2.26. The van der Waals surface area contributed by atoms with Gasteiger partial charge in [0.25, 0.3) is 0 Å². The maximum atomic E-state index is 4.73. The standard InChI is InChI=1S/C15H27N3/c1-5-7-11-18(6-2)15-10-8-9-14(17-15)12-16-13(3)4/h8-10,13,16H,5-7,11-12H2,1-4H3. The molecular formula is C15H27N3. The molecule has 0 atom stereocenters. The molecule has 0 spiro atoms. The number of unbranched alkanes of at least 4 members (excludes halogenated alkanes) is 1. The van der Waals surface area contributed by atoms with Crippen LogP contribution in [0.5, 0.6) is 0 Å². The number of hydrogen-bond acceptors (Lipinski definition) is 3. The molecule has 0 aromatic carbocycles. The minimum Gasteiger partial charge on any atom is -0.357 e.